The molecule has 2 N–H and O–H groups in total. The Morgan fingerprint density at radius 1 is 1.00 bits per heavy atom. The third-order valence-corrected chi connectivity index (χ3v) is 5.50. The minimum Gasteiger partial charge on any atom is -0.486 e. The van der Waals surface area contributed by atoms with Gasteiger partial charge in [-0.2, -0.15) is 5.10 Å². The Bertz CT molecular complexity index is 1200. The Morgan fingerprint density at radius 3 is 2.56 bits per heavy atom. The van der Waals surface area contributed by atoms with Gasteiger partial charge in [-0.25, -0.2) is 4.39 Å². The highest BCUT2D eigenvalue weighted by molar-refractivity contribution is 6.09. The number of nitrogens with zero attached hydrogens (tertiary/aromatic N) is 1. The zero-order chi connectivity index (χ0) is 22.1. The molecule has 164 valence electrons. The first-order chi connectivity index (χ1) is 15.6. The quantitative estimate of drug-likeness (QED) is 0.569. The summed E-state index contributed by atoms with van der Waals surface area (Å²) >= 11 is 0. The number of hydrogen-bond acceptors (Lipinski definition) is 6. The first-order valence-corrected chi connectivity index (χ1v) is 10.5. The third kappa shape index (κ3) is 3.91. The average Bonchev–Trinajstić information content (AvgIpc) is 3.16. The summed E-state index contributed by atoms with van der Waals surface area (Å²) in [6.45, 7) is 2.85. The van der Waals surface area contributed by atoms with Crippen LogP contribution in [0, 0.1) is 12.7 Å². The van der Waals surface area contributed by atoms with E-state index in [4.69, 9.17) is 13.9 Å². The van der Waals surface area contributed by atoms with Gasteiger partial charge in [0.05, 0.1) is 11.4 Å². The molecule has 2 heterocycles. The maximum atomic E-state index is 13.1. The van der Waals surface area contributed by atoms with Crippen LogP contribution in [0.1, 0.15) is 40.3 Å². The van der Waals surface area contributed by atoms with E-state index in [9.17, 15) is 9.18 Å². The molecule has 0 fully saturated rings. The van der Waals surface area contributed by atoms with E-state index < -0.39 is 0 Å². The first-order valence-electron chi connectivity index (χ1n) is 10.5. The molecular weight excluding hydrogens is 413 g/mol. The fourth-order valence-corrected chi connectivity index (χ4v) is 3.96. The average molecular weight is 435 g/mol. The smallest absolute Gasteiger partial charge is 0.291 e. The second kappa shape index (κ2) is 8.37. The van der Waals surface area contributed by atoms with Gasteiger partial charge in [-0.3, -0.25) is 10.2 Å². The molecule has 32 heavy (non-hydrogen) atoms. The fraction of sp³-hybridized carbons (Fsp3) is 0.250. The monoisotopic (exact) mass is 435 g/mol. The number of hydrogen-bond donors (Lipinski definition) is 2. The van der Waals surface area contributed by atoms with Crippen molar-refractivity contribution < 1.29 is 23.1 Å². The van der Waals surface area contributed by atoms with Gasteiger partial charge in [-0.05, 0) is 56.2 Å². The summed E-state index contributed by atoms with van der Waals surface area (Å²) in [6, 6.07) is 11.3. The molecule has 0 unspecified atom stereocenters. The van der Waals surface area contributed by atoms with Gasteiger partial charge >= 0.3 is 0 Å². The predicted molar refractivity (Wildman–Crippen MR) is 118 cm³/mol. The maximum absolute atomic E-state index is 13.1. The lowest BCUT2D eigenvalue weighted by Gasteiger charge is -2.18. The highest BCUT2D eigenvalue weighted by Crippen LogP contribution is 2.34. The van der Waals surface area contributed by atoms with Gasteiger partial charge in [-0.1, -0.05) is 0 Å². The number of ether oxygens (including phenoxy) is 2. The maximum Gasteiger partial charge on any atom is 0.291 e. The number of anilines is 2. The SMILES string of the molecule is Cc1c(C(=O)Nc2ccc3c(c2)OCCO3)oc2c1/C(=N/Nc1ccc(F)cc1)CCC2. The summed E-state index contributed by atoms with van der Waals surface area (Å²) in [7, 11) is 0. The summed E-state index contributed by atoms with van der Waals surface area (Å²) in [6.07, 6.45) is 2.36. The van der Waals surface area contributed by atoms with Crippen molar-refractivity contribution in [2.75, 3.05) is 24.0 Å². The Balaban J connectivity index is 1.37. The Hall–Kier alpha value is -3.81. The number of carbonyl (C=O) groups excluding carboxylic acids is 1. The first kappa shape index (κ1) is 20.1. The molecule has 2 aliphatic rings. The topological polar surface area (TPSA) is 85.1 Å². The number of aryl methyl sites for hydroxylation is 1. The van der Waals surface area contributed by atoms with E-state index in [2.05, 4.69) is 15.8 Å². The molecule has 3 aromatic rings. The Morgan fingerprint density at radius 2 is 1.75 bits per heavy atom. The normalized spacial score (nSPS) is 15.9. The molecule has 5 rings (SSSR count). The van der Waals surface area contributed by atoms with Crippen LogP contribution in [0.2, 0.25) is 0 Å². The highest BCUT2D eigenvalue weighted by Gasteiger charge is 2.28. The third-order valence-electron chi connectivity index (χ3n) is 5.50. The second-order valence-corrected chi connectivity index (χ2v) is 7.70. The van der Waals surface area contributed by atoms with Crippen molar-refractivity contribution >= 4 is 23.0 Å². The molecule has 2 aromatic carbocycles. The van der Waals surface area contributed by atoms with Crippen LogP contribution in [0.3, 0.4) is 0 Å². The molecule has 8 heteroatoms. The van der Waals surface area contributed by atoms with Crippen LogP contribution in [-0.4, -0.2) is 24.8 Å². The number of carbonyl (C=O) groups is 1. The lowest BCUT2D eigenvalue weighted by molar-refractivity contribution is 0.0994. The molecule has 0 spiro atoms. The van der Waals surface area contributed by atoms with Gasteiger partial charge in [0.2, 0.25) is 0 Å². The van der Waals surface area contributed by atoms with Gasteiger partial charge in [0.1, 0.15) is 24.8 Å². The van der Waals surface area contributed by atoms with Crippen molar-refractivity contribution in [2.24, 2.45) is 5.10 Å². The molecule has 0 saturated carbocycles. The van der Waals surface area contributed by atoms with E-state index in [-0.39, 0.29) is 17.5 Å². The van der Waals surface area contributed by atoms with Gasteiger partial charge in [0.25, 0.3) is 5.91 Å². The van der Waals surface area contributed by atoms with E-state index in [0.717, 1.165) is 41.9 Å². The van der Waals surface area contributed by atoms with Crippen molar-refractivity contribution in [3.63, 3.8) is 0 Å². The summed E-state index contributed by atoms with van der Waals surface area (Å²) in [5, 5.41) is 7.39. The standard InChI is InChI=1S/C24H22FN3O4/c1-14-22-18(28-27-16-7-5-15(25)6-8-16)3-2-4-20(22)32-23(14)24(29)26-17-9-10-19-21(13-17)31-12-11-30-19/h5-10,13,27H,2-4,11-12H2,1H3,(H,26,29)/b28-18+. The lowest BCUT2D eigenvalue weighted by atomic mass is 9.93. The van der Waals surface area contributed by atoms with Crippen LogP contribution in [0.15, 0.2) is 52.0 Å². The van der Waals surface area contributed by atoms with Gasteiger partial charge in [0, 0.05) is 29.3 Å². The van der Waals surface area contributed by atoms with Crippen LogP contribution in [0.5, 0.6) is 11.5 Å². The molecule has 1 aliphatic carbocycles. The summed E-state index contributed by atoms with van der Waals surface area (Å²) in [4.78, 5) is 13.0. The summed E-state index contributed by atoms with van der Waals surface area (Å²) in [5.74, 6) is 1.64. The molecular formula is C24H22FN3O4. The number of amides is 1. The van der Waals surface area contributed by atoms with Crippen molar-refractivity contribution in [1.29, 1.82) is 0 Å². The molecule has 1 amide bonds. The largest absolute Gasteiger partial charge is 0.486 e. The van der Waals surface area contributed by atoms with Crippen molar-refractivity contribution in [2.45, 2.75) is 26.2 Å². The van der Waals surface area contributed by atoms with E-state index in [1.54, 1.807) is 30.3 Å². The van der Waals surface area contributed by atoms with Gasteiger partial charge < -0.3 is 19.2 Å². The molecule has 0 radical (unpaired) electrons. The van der Waals surface area contributed by atoms with Crippen LogP contribution in [0.4, 0.5) is 15.8 Å². The van der Waals surface area contributed by atoms with Crippen LogP contribution < -0.4 is 20.2 Å². The van der Waals surface area contributed by atoms with Gasteiger partial charge in [-0.15, -0.1) is 0 Å². The molecule has 1 aromatic heterocycles. The molecule has 7 nitrogen and oxygen atoms in total. The Kier molecular flexibility index (Phi) is 5.26. The molecule has 1 aliphatic heterocycles. The highest BCUT2D eigenvalue weighted by atomic mass is 19.1. The zero-order valence-electron chi connectivity index (χ0n) is 17.5. The van der Waals surface area contributed by atoms with Crippen LogP contribution >= 0.6 is 0 Å². The molecule has 0 bridgehead atoms. The second-order valence-electron chi connectivity index (χ2n) is 7.70. The van der Waals surface area contributed by atoms with Crippen molar-refractivity contribution in [3.8, 4) is 11.5 Å². The predicted octanol–water partition coefficient (Wildman–Crippen LogP) is 4.90. The number of fused-ring (bicyclic) bond motifs is 2. The van der Waals surface area contributed by atoms with Crippen molar-refractivity contribution in [1.82, 2.24) is 0 Å². The molecule has 0 atom stereocenters. The number of hydrazone groups is 1. The van der Waals surface area contributed by atoms with Crippen LogP contribution in [0.25, 0.3) is 0 Å². The summed E-state index contributed by atoms with van der Waals surface area (Å²) in [5.41, 5.74) is 6.67. The lowest BCUT2D eigenvalue weighted by Crippen LogP contribution is -2.16. The number of nitrogens with one attached hydrogen (secondary N) is 2. The number of rotatable bonds is 4. The molecule has 0 saturated heterocycles. The van der Waals surface area contributed by atoms with E-state index in [1.165, 1.54) is 12.1 Å². The number of benzene rings is 2. The number of furan rings is 1. The van der Waals surface area contributed by atoms with Crippen molar-refractivity contribution in [3.05, 3.63) is 70.9 Å². The Labute approximate surface area is 184 Å². The van der Waals surface area contributed by atoms with Crippen LogP contribution in [-0.2, 0) is 6.42 Å². The van der Waals surface area contributed by atoms with E-state index >= 15 is 0 Å². The van der Waals surface area contributed by atoms with E-state index in [0.29, 0.717) is 36.1 Å². The number of halogens is 1. The summed E-state index contributed by atoms with van der Waals surface area (Å²) < 4.78 is 30.2. The minimum absolute atomic E-state index is 0.265. The van der Waals surface area contributed by atoms with Gasteiger partial charge in [0.15, 0.2) is 17.3 Å². The fourth-order valence-electron chi connectivity index (χ4n) is 3.96. The minimum atomic E-state index is -0.334. The van der Waals surface area contributed by atoms with E-state index in [1.807, 2.05) is 6.92 Å². The zero-order valence-corrected chi connectivity index (χ0v) is 17.5.